The Morgan fingerprint density at radius 2 is 2.00 bits per heavy atom. The molecule has 1 saturated heterocycles. The second-order valence-electron chi connectivity index (χ2n) is 7.01. The van der Waals surface area contributed by atoms with E-state index < -0.39 is 0 Å². The zero-order chi connectivity index (χ0) is 21.5. The third kappa shape index (κ3) is 5.29. The topological polar surface area (TPSA) is 130 Å². The summed E-state index contributed by atoms with van der Waals surface area (Å²) in [5.41, 5.74) is 10.5. The predicted molar refractivity (Wildman–Crippen MR) is 117 cm³/mol. The van der Waals surface area contributed by atoms with Crippen molar-refractivity contribution in [3.8, 4) is 17.1 Å². The van der Waals surface area contributed by atoms with Crippen molar-refractivity contribution in [3.63, 3.8) is 0 Å². The van der Waals surface area contributed by atoms with E-state index in [9.17, 15) is 4.79 Å². The van der Waals surface area contributed by atoms with Crippen LogP contribution in [0.15, 0.2) is 40.6 Å². The van der Waals surface area contributed by atoms with E-state index in [0.717, 1.165) is 31.5 Å². The maximum absolute atomic E-state index is 12.1. The van der Waals surface area contributed by atoms with E-state index in [2.05, 4.69) is 37.5 Å². The summed E-state index contributed by atoms with van der Waals surface area (Å²) in [5.74, 6) is 0.169. The Kier molecular flexibility index (Phi) is 6.91. The summed E-state index contributed by atoms with van der Waals surface area (Å²) in [6.45, 7) is 5.22. The molecule has 30 heavy (non-hydrogen) atoms. The van der Waals surface area contributed by atoms with Gasteiger partial charge in [0.2, 0.25) is 0 Å². The first-order chi connectivity index (χ1) is 14.5. The van der Waals surface area contributed by atoms with Gasteiger partial charge in [-0.25, -0.2) is 20.4 Å². The Morgan fingerprint density at radius 3 is 2.63 bits per heavy atom. The summed E-state index contributed by atoms with van der Waals surface area (Å²) in [6, 6.07) is 7.35. The summed E-state index contributed by atoms with van der Waals surface area (Å²) in [7, 11) is 3.42. The van der Waals surface area contributed by atoms with Crippen molar-refractivity contribution in [2.75, 3.05) is 32.9 Å². The Labute approximate surface area is 175 Å². The number of piperidine rings is 1. The zero-order valence-corrected chi connectivity index (χ0v) is 17.1. The van der Waals surface area contributed by atoms with Gasteiger partial charge in [0.05, 0.1) is 17.9 Å². The highest BCUT2D eigenvalue weighted by Gasteiger charge is 2.16. The maximum Gasteiger partial charge on any atom is 0.313 e. The van der Waals surface area contributed by atoms with Crippen molar-refractivity contribution in [1.82, 2.24) is 25.6 Å². The minimum atomic E-state index is -0.0734. The van der Waals surface area contributed by atoms with Crippen LogP contribution in [0.5, 0.6) is 5.88 Å². The number of amidine groups is 1. The number of nitrogen functional groups attached to an aromatic ring is 1. The lowest BCUT2D eigenvalue weighted by Gasteiger charge is -2.20. The summed E-state index contributed by atoms with van der Waals surface area (Å²) in [5, 5.41) is 6.94. The van der Waals surface area contributed by atoms with Crippen LogP contribution >= 0.6 is 0 Å². The summed E-state index contributed by atoms with van der Waals surface area (Å²) in [6.07, 6.45) is 3.34. The number of anilines is 1. The van der Waals surface area contributed by atoms with Gasteiger partial charge in [0, 0.05) is 31.9 Å². The number of benzene rings is 1. The van der Waals surface area contributed by atoms with Gasteiger partial charge >= 0.3 is 6.02 Å². The number of rotatable bonds is 5. The minimum Gasteiger partial charge on any atom is -0.402 e. The van der Waals surface area contributed by atoms with Gasteiger partial charge in [0.15, 0.2) is 5.82 Å². The first-order valence-electron chi connectivity index (χ1n) is 9.60. The molecule has 2 heterocycles. The number of nitrogens with one attached hydrogen (secondary N) is 2. The van der Waals surface area contributed by atoms with E-state index in [0.29, 0.717) is 11.3 Å². The standard InChI is InChI=1S/C20H26N8O2/c1-22-27-20(25-15-8-10-23-11-9-15)30-18-17(21)24-12-16(26-18)13-4-6-14(7-5-13)19(29)28(2)3/h4-7,12,15,23H,1,8-11H2,2-3H3,(H2,21,24)(H,25,27). The molecule has 2 aromatic rings. The molecule has 0 aliphatic carbocycles. The second-order valence-corrected chi connectivity index (χ2v) is 7.01. The van der Waals surface area contributed by atoms with Crippen molar-refractivity contribution in [2.24, 2.45) is 10.1 Å². The number of hydrogen-bond donors (Lipinski definition) is 3. The minimum absolute atomic E-state index is 0.0734. The fourth-order valence-electron chi connectivity index (χ4n) is 2.98. The molecule has 1 aliphatic heterocycles. The number of amides is 1. The maximum atomic E-state index is 12.1. The number of hydrogen-bond acceptors (Lipinski definition) is 8. The van der Waals surface area contributed by atoms with Gasteiger partial charge in [-0.3, -0.25) is 4.79 Å². The van der Waals surface area contributed by atoms with Crippen LogP contribution < -0.4 is 21.2 Å². The van der Waals surface area contributed by atoms with Gasteiger partial charge in [0.1, 0.15) is 0 Å². The molecule has 1 aromatic carbocycles. The van der Waals surface area contributed by atoms with Crippen LogP contribution in [0.4, 0.5) is 5.82 Å². The molecule has 0 bridgehead atoms. The predicted octanol–water partition coefficient (Wildman–Crippen LogP) is 1.12. The van der Waals surface area contributed by atoms with Gasteiger partial charge in [-0.2, -0.15) is 5.10 Å². The van der Waals surface area contributed by atoms with E-state index >= 15 is 0 Å². The highest BCUT2D eigenvalue weighted by atomic mass is 16.5. The number of carbonyl (C=O) groups is 1. The van der Waals surface area contributed by atoms with Gasteiger partial charge in [-0.1, -0.05) is 12.1 Å². The third-order valence-corrected chi connectivity index (χ3v) is 4.58. The van der Waals surface area contributed by atoms with E-state index in [1.165, 1.54) is 4.90 Å². The number of hydrazone groups is 1. The van der Waals surface area contributed by atoms with Crippen LogP contribution in [-0.2, 0) is 0 Å². The molecule has 4 N–H and O–H groups in total. The fourth-order valence-corrected chi connectivity index (χ4v) is 2.98. The number of ether oxygens (including phenoxy) is 1. The Bertz CT molecular complexity index is 921. The van der Waals surface area contributed by atoms with Crippen LogP contribution in [0, 0.1) is 0 Å². The molecular formula is C20H26N8O2. The molecule has 1 aliphatic rings. The van der Waals surface area contributed by atoms with Crippen molar-refractivity contribution >= 4 is 24.5 Å². The van der Waals surface area contributed by atoms with Crippen LogP contribution in [0.3, 0.4) is 0 Å². The average molecular weight is 410 g/mol. The van der Waals surface area contributed by atoms with E-state index in [1.807, 2.05) is 0 Å². The Morgan fingerprint density at radius 1 is 1.30 bits per heavy atom. The summed E-state index contributed by atoms with van der Waals surface area (Å²) < 4.78 is 5.77. The van der Waals surface area contributed by atoms with Crippen molar-refractivity contribution in [1.29, 1.82) is 0 Å². The smallest absolute Gasteiger partial charge is 0.313 e. The Hall–Kier alpha value is -3.53. The highest BCUT2D eigenvalue weighted by Crippen LogP contribution is 2.23. The Balaban J connectivity index is 1.82. The highest BCUT2D eigenvalue weighted by molar-refractivity contribution is 5.94. The molecule has 0 radical (unpaired) electrons. The quantitative estimate of drug-likeness (QED) is 0.382. The van der Waals surface area contributed by atoms with Crippen LogP contribution in [0.2, 0.25) is 0 Å². The molecule has 158 valence electrons. The van der Waals surface area contributed by atoms with E-state index in [1.54, 1.807) is 44.6 Å². The van der Waals surface area contributed by atoms with Gasteiger partial charge < -0.3 is 20.7 Å². The van der Waals surface area contributed by atoms with Crippen molar-refractivity contribution in [2.45, 2.75) is 18.9 Å². The average Bonchev–Trinajstić information content (AvgIpc) is 2.75. The first-order valence-corrected chi connectivity index (χ1v) is 9.60. The largest absolute Gasteiger partial charge is 0.402 e. The lowest BCUT2D eigenvalue weighted by atomic mass is 10.1. The van der Waals surface area contributed by atoms with Gasteiger partial charge in [-0.05, 0) is 38.1 Å². The van der Waals surface area contributed by atoms with Crippen molar-refractivity contribution in [3.05, 3.63) is 36.0 Å². The van der Waals surface area contributed by atoms with Crippen LogP contribution in [0.1, 0.15) is 23.2 Å². The first kappa shape index (κ1) is 21.2. The van der Waals surface area contributed by atoms with Crippen molar-refractivity contribution < 1.29 is 9.53 Å². The molecular weight excluding hydrogens is 384 g/mol. The fraction of sp³-hybridized carbons (Fsp3) is 0.350. The molecule has 3 rings (SSSR count). The molecule has 10 heteroatoms. The number of aliphatic imine (C=N–C) groups is 1. The summed E-state index contributed by atoms with van der Waals surface area (Å²) in [4.78, 5) is 26.8. The van der Waals surface area contributed by atoms with Gasteiger partial charge in [0.25, 0.3) is 11.8 Å². The summed E-state index contributed by atoms with van der Waals surface area (Å²) >= 11 is 0. The number of nitrogens with zero attached hydrogens (tertiary/aromatic N) is 5. The molecule has 0 atom stereocenters. The number of nitrogens with two attached hydrogens (primary N) is 1. The molecule has 1 aromatic heterocycles. The van der Waals surface area contributed by atoms with E-state index in [-0.39, 0.29) is 29.7 Å². The van der Waals surface area contributed by atoms with E-state index in [4.69, 9.17) is 10.5 Å². The van der Waals surface area contributed by atoms with Gasteiger partial charge in [-0.15, -0.1) is 0 Å². The molecule has 0 unspecified atom stereocenters. The molecule has 0 spiro atoms. The molecule has 1 amide bonds. The monoisotopic (exact) mass is 410 g/mol. The number of aromatic nitrogens is 2. The molecule has 10 nitrogen and oxygen atoms in total. The third-order valence-electron chi connectivity index (χ3n) is 4.58. The zero-order valence-electron chi connectivity index (χ0n) is 17.1. The number of carbonyl (C=O) groups excluding carboxylic acids is 1. The second kappa shape index (κ2) is 9.79. The lowest BCUT2D eigenvalue weighted by molar-refractivity contribution is 0.0827. The normalized spacial score (nSPS) is 14.8. The molecule has 0 saturated carbocycles. The lowest BCUT2D eigenvalue weighted by Crippen LogP contribution is -2.33. The molecule has 1 fully saturated rings. The van der Waals surface area contributed by atoms with Crippen LogP contribution in [0.25, 0.3) is 11.3 Å². The van der Waals surface area contributed by atoms with Crippen LogP contribution in [-0.4, -0.2) is 66.7 Å². The SMILES string of the molecule is C=NNC(=NC1CCNCC1)Oc1nc(-c2ccc(C(=O)N(C)C)cc2)cnc1N.